The Morgan fingerprint density at radius 1 is 1.30 bits per heavy atom. The Kier molecular flexibility index (Phi) is 6.65. The van der Waals surface area contributed by atoms with Gasteiger partial charge in [0.1, 0.15) is 5.76 Å². The third kappa shape index (κ3) is 5.71. The van der Waals surface area contributed by atoms with Gasteiger partial charge in [0.05, 0.1) is 12.2 Å². The minimum atomic E-state index is 0.528. The van der Waals surface area contributed by atoms with Gasteiger partial charge in [-0.1, -0.05) is 28.1 Å². The van der Waals surface area contributed by atoms with Gasteiger partial charge < -0.3 is 15.1 Å². The third-order valence-corrected chi connectivity index (χ3v) is 4.02. The average molecular weight is 379 g/mol. The standard InChI is InChI=1S/C17H23BrN4O/c1-12-13(2)23-16(22-12)11-21-17(19-3)20-9-5-7-14-6-4-8-15(18)10-14/h4,6,8,10H,5,7,9,11H2,1-3H3,(H2,19,20,21). The van der Waals surface area contributed by atoms with Gasteiger partial charge in [0.15, 0.2) is 5.96 Å². The Hall–Kier alpha value is -1.82. The van der Waals surface area contributed by atoms with Crippen LogP contribution < -0.4 is 10.6 Å². The molecule has 23 heavy (non-hydrogen) atoms. The first-order valence-corrected chi connectivity index (χ1v) is 8.49. The molecular formula is C17H23BrN4O. The van der Waals surface area contributed by atoms with Crippen molar-refractivity contribution >= 4 is 21.9 Å². The lowest BCUT2D eigenvalue weighted by atomic mass is 10.1. The molecule has 2 rings (SSSR count). The molecule has 1 aromatic carbocycles. The van der Waals surface area contributed by atoms with E-state index in [1.165, 1.54) is 5.56 Å². The van der Waals surface area contributed by atoms with E-state index in [4.69, 9.17) is 4.42 Å². The molecule has 0 radical (unpaired) electrons. The molecule has 0 bridgehead atoms. The van der Waals surface area contributed by atoms with Crippen LogP contribution in [0.2, 0.25) is 0 Å². The van der Waals surface area contributed by atoms with Crippen molar-refractivity contribution in [2.24, 2.45) is 4.99 Å². The second-order valence-electron chi connectivity index (χ2n) is 5.34. The zero-order valence-corrected chi connectivity index (χ0v) is 15.4. The third-order valence-electron chi connectivity index (χ3n) is 3.53. The molecule has 0 unspecified atom stereocenters. The Bertz CT molecular complexity index is 647. The summed E-state index contributed by atoms with van der Waals surface area (Å²) in [5, 5.41) is 6.51. The van der Waals surface area contributed by atoms with E-state index in [2.05, 4.69) is 54.7 Å². The highest BCUT2D eigenvalue weighted by Crippen LogP contribution is 2.12. The fraction of sp³-hybridized carbons (Fsp3) is 0.412. The summed E-state index contributed by atoms with van der Waals surface area (Å²) >= 11 is 3.50. The maximum absolute atomic E-state index is 5.54. The molecule has 2 N–H and O–H groups in total. The largest absolute Gasteiger partial charge is 0.444 e. The van der Waals surface area contributed by atoms with Crippen molar-refractivity contribution in [1.29, 1.82) is 0 Å². The van der Waals surface area contributed by atoms with Gasteiger partial charge >= 0.3 is 0 Å². The van der Waals surface area contributed by atoms with Gasteiger partial charge in [-0.2, -0.15) is 0 Å². The molecule has 1 aromatic heterocycles. The van der Waals surface area contributed by atoms with Gasteiger partial charge in [-0.25, -0.2) is 4.98 Å². The summed E-state index contributed by atoms with van der Waals surface area (Å²) < 4.78 is 6.67. The van der Waals surface area contributed by atoms with Crippen LogP contribution in [0.25, 0.3) is 0 Å². The van der Waals surface area contributed by atoms with Crippen molar-refractivity contribution in [3.8, 4) is 0 Å². The van der Waals surface area contributed by atoms with Crippen LogP contribution in [0.5, 0.6) is 0 Å². The monoisotopic (exact) mass is 378 g/mol. The molecule has 0 atom stereocenters. The zero-order chi connectivity index (χ0) is 16.7. The highest BCUT2D eigenvalue weighted by atomic mass is 79.9. The normalized spacial score (nSPS) is 11.6. The lowest BCUT2D eigenvalue weighted by Gasteiger charge is -2.10. The quantitative estimate of drug-likeness (QED) is 0.459. The number of hydrogen-bond donors (Lipinski definition) is 2. The van der Waals surface area contributed by atoms with Crippen molar-refractivity contribution in [2.75, 3.05) is 13.6 Å². The molecule has 0 amide bonds. The van der Waals surface area contributed by atoms with Crippen molar-refractivity contribution in [3.63, 3.8) is 0 Å². The maximum atomic E-state index is 5.54. The number of nitrogens with one attached hydrogen (secondary N) is 2. The minimum absolute atomic E-state index is 0.528. The molecule has 0 aliphatic heterocycles. The van der Waals surface area contributed by atoms with Crippen LogP contribution in [-0.2, 0) is 13.0 Å². The SMILES string of the molecule is CN=C(NCCCc1cccc(Br)c1)NCc1nc(C)c(C)o1. The number of halogens is 1. The number of guanidine groups is 1. The molecule has 2 aromatic rings. The molecule has 0 fully saturated rings. The number of rotatable bonds is 6. The number of aromatic nitrogens is 1. The fourth-order valence-electron chi connectivity index (χ4n) is 2.19. The second kappa shape index (κ2) is 8.72. The molecular weight excluding hydrogens is 356 g/mol. The number of benzene rings is 1. The molecule has 0 spiro atoms. The molecule has 1 heterocycles. The number of aliphatic imine (C=N–C) groups is 1. The predicted molar refractivity (Wildman–Crippen MR) is 96.6 cm³/mol. The van der Waals surface area contributed by atoms with Crippen molar-refractivity contribution in [2.45, 2.75) is 33.2 Å². The number of oxazole rings is 1. The maximum Gasteiger partial charge on any atom is 0.214 e. The van der Waals surface area contributed by atoms with E-state index in [0.29, 0.717) is 12.4 Å². The van der Waals surface area contributed by atoms with E-state index in [0.717, 1.165) is 41.3 Å². The number of aryl methyl sites for hydroxylation is 3. The first-order chi connectivity index (χ1) is 11.1. The summed E-state index contributed by atoms with van der Waals surface area (Å²) in [7, 11) is 1.76. The first kappa shape index (κ1) is 17.5. The Labute approximate surface area is 145 Å². The smallest absolute Gasteiger partial charge is 0.214 e. The highest BCUT2D eigenvalue weighted by molar-refractivity contribution is 9.10. The summed E-state index contributed by atoms with van der Waals surface area (Å²) in [6.45, 7) is 5.24. The van der Waals surface area contributed by atoms with E-state index >= 15 is 0 Å². The van der Waals surface area contributed by atoms with Gasteiger partial charge in [-0.05, 0) is 44.4 Å². The number of nitrogens with zero attached hydrogens (tertiary/aromatic N) is 2. The van der Waals surface area contributed by atoms with Crippen molar-refractivity contribution in [1.82, 2.24) is 15.6 Å². The lowest BCUT2D eigenvalue weighted by molar-refractivity contribution is 0.463. The predicted octanol–water partition coefficient (Wildman–Crippen LogP) is 3.35. The molecule has 124 valence electrons. The summed E-state index contributed by atoms with van der Waals surface area (Å²) in [6.07, 6.45) is 2.07. The molecule has 0 aliphatic carbocycles. The van der Waals surface area contributed by atoms with Gasteiger partial charge in [0, 0.05) is 18.1 Å². The second-order valence-corrected chi connectivity index (χ2v) is 6.25. The highest BCUT2D eigenvalue weighted by Gasteiger charge is 2.06. The Morgan fingerprint density at radius 3 is 2.78 bits per heavy atom. The van der Waals surface area contributed by atoms with Crippen LogP contribution >= 0.6 is 15.9 Å². The number of hydrogen-bond acceptors (Lipinski definition) is 3. The average Bonchev–Trinajstić information content (AvgIpc) is 2.85. The van der Waals surface area contributed by atoms with Crippen LogP contribution in [0.1, 0.15) is 29.3 Å². The summed E-state index contributed by atoms with van der Waals surface area (Å²) in [6, 6.07) is 8.40. The van der Waals surface area contributed by atoms with Crippen LogP contribution in [0.15, 0.2) is 38.1 Å². The molecule has 5 nitrogen and oxygen atoms in total. The van der Waals surface area contributed by atoms with Crippen LogP contribution in [0.4, 0.5) is 0 Å². The first-order valence-electron chi connectivity index (χ1n) is 7.70. The van der Waals surface area contributed by atoms with Crippen molar-refractivity contribution in [3.05, 3.63) is 51.6 Å². The van der Waals surface area contributed by atoms with Gasteiger partial charge in [0.2, 0.25) is 5.89 Å². The van der Waals surface area contributed by atoms with E-state index in [1.807, 2.05) is 19.9 Å². The topological polar surface area (TPSA) is 62.5 Å². The van der Waals surface area contributed by atoms with E-state index in [9.17, 15) is 0 Å². The minimum Gasteiger partial charge on any atom is -0.444 e. The Balaban J connectivity index is 1.70. The summed E-state index contributed by atoms with van der Waals surface area (Å²) in [4.78, 5) is 8.55. The molecule has 0 aliphatic rings. The van der Waals surface area contributed by atoms with Crippen LogP contribution in [-0.4, -0.2) is 24.5 Å². The molecule has 0 saturated heterocycles. The van der Waals surface area contributed by atoms with E-state index < -0.39 is 0 Å². The summed E-state index contributed by atoms with van der Waals surface area (Å²) in [5.41, 5.74) is 2.26. The Morgan fingerprint density at radius 2 is 2.13 bits per heavy atom. The summed E-state index contributed by atoms with van der Waals surface area (Å²) in [5.74, 6) is 2.30. The van der Waals surface area contributed by atoms with E-state index in [-0.39, 0.29) is 0 Å². The fourth-order valence-corrected chi connectivity index (χ4v) is 2.63. The zero-order valence-electron chi connectivity index (χ0n) is 13.8. The van der Waals surface area contributed by atoms with E-state index in [1.54, 1.807) is 7.05 Å². The van der Waals surface area contributed by atoms with Gasteiger partial charge in [-0.3, -0.25) is 4.99 Å². The lowest BCUT2D eigenvalue weighted by Crippen LogP contribution is -2.37. The van der Waals surface area contributed by atoms with Crippen molar-refractivity contribution < 1.29 is 4.42 Å². The van der Waals surface area contributed by atoms with Gasteiger partial charge in [-0.15, -0.1) is 0 Å². The molecule has 0 saturated carbocycles. The van der Waals surface area contributed by atoms with Crippen LogP contribution in [0.3, 0.4) is 0 Å². The van der Waals surface area contributed by atoms with Crippen LogP contribution in [0, 0.1) is 13.8 Å². The molecule has 6 heteroatoms. The van der Waals surface area contributed by atoms with Gasteiger partial charge in [0.25, 0.3) is 0 Å².